The third-order valence-electron chi connectivity index (χ3n) is 5.68. The molecule has 1 aliphatic heterocycles. The van der Waals surface area contributed by atoms with Crippen molar-refractivity contribution in [1.29, 1.82) is 5.26 Å². The van der Waals surface area contributed by atoms with Gasteiger partial charge in [-0.2, -0.15) is 5.26 Å². The van der Waals surface area contributed by atoms with Gasteiger partial charge in [-0.05, 0) is 55.5 Å². The lowest BCUT2D eigenvalue weighted by Gasteiger charge is -2.32. The second kappa shape index (κ2) is 9.10. The van der Waals surface area contributed by atoms with Crippen LogP contribution in [0, 0.1) is 24.2 Å². The van der Waals surface area contributed by atoms with E-state index in [1.165, 1.54) is 16.7 Å². The lowest BCUT2D eigenvalue weighted by atomic mass is 10.00. The van der Waals surface area contributed by atoms with Gasteiger partial charge in [0.05, 0.1) is 18.4 Å². The van der Waals surface area contributed by atoms with Crippen molar-refractivity contribution in [3.05, 3.63) is 69.5 Å². The van der Waals surface area contributed by atoms with Gasteiger partial charge in [0.2, 0.25) is 0 Å². The first kappa shape index (κ1) is 21.4. The highest BCUT2D eigenvalue weighted by molar-refractivity contribution is 6.02. The molecular weight excluding hydrogens is 406 g/mol. The molecule has 8 nitrogen and oxygen atoms in total. The Hall–Kier alpha value is -3.86. The highest BCUT2D eigenvalue weighted by Gasteiger charge is 2.24. The van der Waals surface area contributed by atoms with Crippen molar-refractivity contribution in [3.63, 3.8) is 0 Å². The fraction of sp³-hybridized carbons (Fsp3) is 0.333. The molecular formula is C24H25N5O3. The van der Waals surface area contributed by atoms with Gasteiger partial charge in [-0.25, -0.2) is 4.98 Å². The zero-order valence-corrected chi connectivity index (χ0v) is 18.2. The monoisotopic (exact) mass is 431 g/mol. The number of hydrogen-bond acceptors (Lipinski definition) is 6. The van der Waals surface area contributed by atoms with Gasteiger partial charge >= 0.3 is 0 Å². The number of nitrogens with zero attached hydrogens (tertiary/aromatic N) is 4. The van der Waals surface area contributed by atoms with E-state index in [4.69, 9.17) is 9.40 Å². The van der Waals surface area contributed by atoms with Crippen LogP contribution in [0.25, 0.3) is 11.7 Å². The van der Waals surface area contributed by atoms with Crippen molar-refractivity contribution in [1.82, 2.24) is 14.7 Å². The summed E-state index contributed by atoms with van der Waals surface area (Å²) in [7, 11) is 0. The second-order valence-electron chi connectivity index (χ2n) is 8.16. The average molecular weight is 431 g/mol. The number of hydrogen-bond donors (Lipinski definition) is 1. The standard InChI is InChI=1S/C24H25N5O3/c1-16-6-3-9-28(15-16)22-20(24(31)29-10-4-7-17(2)21(29)27-22)12-18(13-25)23(30)26-14-19-8-5-11-32-19/h4-5,7-8,10-12,16H,3,6,9,14-15H2,1-2H3,(H,26,30)/b18-12+. The van der Waals surface area contributed by atoms with Gasteiger partial charge in [0.25, 0.3) is 11.5 Å². The quantitative estimate of drug-likeness (QED) is 0.492. The van der Waals surface area contributed by atoms with E-state index in [0.717, 1.165) is 31.5 Å². The van der Waals surface area contributed by atoms with E-state index in [1.54, 1.807) is 24.4 Å². The second-order valence-corrected chi connectivity index (χ2v) is 8.16. The Balaban J connectivity index is 1.79. The molecule has 0 spiro atoms. The zero-order chi connectivity index (χ0) is 22.7. The van der Waals surface area contributed by atoms with Crippen LogP contribution < -0.4 is 15.8 Å². The average Bonchev–Trinajstić information content (AvgIpc) is 3.31. The Morgan fingerprint density at radius 1 is 1.41 bits per heavy atom. The molecule has 3 aromatic rings. The van der Waals surface area contributed by atoms with Crippen molar-refractivity contribution < 1.29 is 9.21 Å². The summed E-state index contributed by atoms with van der Waals surface area (Å²) < 4.78 is 6.68. The van der Waals surface area contributed by atoms with Crippen molar-refractivity contribution in [3.8, 4) is 6.07 Å². The van der Waals surface area contributed by atoms with Crippen LogP contribution in [0.3, 0.4) is 0 Å². The van der Waals surface area contributed by atoms with Crippen LogP contribution in [0.15, 0.2) is 51.5 Å². The maximum absolute atomic E-state index is 13.4. The maximum atomic E-state index is 13.4. The van der Waals surface area contributed by atoms with E-state index in [-0.39, 0.29) is 23.2 Å². The molecule has 3 aromatic heterocycles. The predicted molar refractivity (Wildman–Crippen MR) is 121 cm³/mol. The summed E-state index contributed by atoms with van der Waals surface area (Å²) >= 11 is 0. The van der Waals surface area contributed by atoms with E-state index in [1.807, 2.05) is 19.1 Å². The molecule has 1 N–H and O–H groups in total. The Bertz CT molecular complexity index is 1270. The Labute approximate surface area is 185 Å². The molecule has 0 bridgehead atoms. The lowest BCUT2D eigenvalue weighted by molar-refractivity contribution is -0.117. The topological polar surface area (TPSA) is 104 Å². The fourth-order valence-corrected chi connectivity index (χ4v) is 4.02. The minimum absolute atomic E-state index is 0.148. The van der Waals surface area contributed by atoms with E-state index in [0.29, 0.717) is 23.1 Å². The number of nitriles is 1. The largest absolute Gasteiger partial charge is 0.467 e. The third kappa shape index (κ3) is 4.28. The number of pyridine rings is 1. The third-order valence-corrected chi connectivity index (χ3v) is 5.68. The number of piperidine rings is 1. The number of carbonyl (C=O) groups is 1. The molecule has 0 aromatic carbocycles. The molecule has 4 rings (SSSR count). The summed E-state index contributed by atoms with van der Waals surface area (Å²) in [5, 5.41) is 12.3. The summed E-state index contributed by atoms with van der Waals surface area (Å²) in [6.45, 7) is 5.76. The number of nitrogens with one attached hydrogen (secondary N) is 1. The molecule has 0 saturated carbocycles. The Morgan fingerprint density at radius 3 is 2.97 bits per heavy atom. The molecule has 1 saturated heterocycles. The molecule has 0 aliphatic carbocycles. The molecule has 1 fully saturated rings. The molecule has 1 atom stereocenters. The van der Waals surface area contributed by atoms with Crippen LogP contribution in [0.2, 0.25) is 0 Å². The van der Waals surface area contributed by atoms with Crippen molar-refractivity contribution >= 4 is 23.4 Å². The number of aryl methyl sites for hydroxylation is 1. The minimum atomic E-state index is -0.574. The van der Waals surface area contributed by atoms with Gasteiger partial charge in [-0.15, -0.1) is 0 Å². The number of amides is 1. The summed E-state index contributed by atoms with van der Waals surface area (Å²) in [4.78, 5) is 33.0. The van der Waals surface area contributed by atoms with E-state index < -0.39 is 5.91 Å². The molecule has 1 amide bonds. The van der Waals surface area contributed by atoms with Gasteiger partial charge in [0.1, 0.15) is 28.9 Å². The number of rotatable bonds is 5. The summed E-state index contributed by atoms with van der Waals surface area (Å²) in [5.74, 6) is 0.976. The molecule has 164 valence electrons. The van der Waals surface area contributed by atoms with Gasteiger partial charge in [-0.1, -0.05) is 13.0 Å². The molecule has 1 unspecified atom stereocenters. The van der Waals surface area contributed by atoms with Crippen LogP contribution in [-0.2, 0) is 11.3 Å². The van der Waals surface area contributed by atoms with Crippen molar-refractivity contribution in [2.24, 2.45) is 5.92 Å². The Kier molecular flexibility index (Phi) is 6.08. The SMILES string of the molecule is Cc1cccn2c(=O)c(/C=C(\C#N)C(=O)NCc3ccco3)c(N3CCCC(C)C3)nc12. The van der Waals surface area contributed by atoms with Gasteiger partial charge < -0.3 is 14.6 Å². The number of furan rings is 1. The number of fused-ring (bicyclic) bond motifs is 1. The van der Waals surface area contributed by atoms with E-state index in [9.17, 15) is 14.9 Å². The van der Waals surface area contributed by atoms with Crippen molar-refractivity contribution in [2.45, 2.75) is 33.2 Å². The van der Waals surface area contributed by atoms with Crippen LogP contribution >= 0.6 is 0 Å². The first-order valence-electron chi connectivity index (χ1n) is 10.7. The minimum Gasteiger partial charge on any atom is -0.467 e. The number of carbonyl (C=O) groups excluding carboxylic acids is 1. The van der Waals surface area contributed by atoms with Crippen LogP contribution in [-0.4, -0.2) is 28.4 Å². The highest BCUT2D eigenvalue weighted by Crippen LogP contribution is 2.25. The lowest BCUT2D eigenvalue weighted by Crippen LogP contribution is -2.37. The summed E-state index contributed by atoms with van der Waals surface area (Å²) in [6.07, 6.45) is 6.63. The first-order chi connectivity index (χ1) is 15.5. The van der Waals surface area contributed by atoms with Gasteiger partial charge in [0, 0.05) is 19.3 Å². The van der Waals surface area contributed by atoms with E-state index in [2.05, 4.69) is 17.1 Å². The Morgan fingerprint density at radius 2 is 2.25 bits per heavy atom. The summed E-state index contributed by atoms with van der Waals surface area (Å²) in [5.41, 5.74) is 1.23. The van der Waals surface area contributed by atoms with E-state index >= 15 is 0 Å². The smallest absolute Gasteiger partial charge is 0.267 e. The van der Waals surface area contributed by atoms with Gasteiger partial charge in [0.15, 0.2) is 0 Å². The van der Waals surface area contributed by atoms with Crippen molar-refractivity contribution in [2.75, 3.05) is 18.0 Å². The normalized spacial score (nSPS) is 16.7. The molecule has 32 heavy (non-hydrogen) atoms. The number of aromatic nitrogens is 2. The molecule has 8 heteroatoms. The van der Waals surface area contributed by atoms with Crippen LogP contribution in [0.4, 0.5) is 5.82 Å². The fourth-order valence-electron chi connectivity index (χ4n) is 4.02. The van der Waals surface area contributed by atoms with Crippen LogP contribution in [0.5, 0.6) is 0 Å². The first-order valence-corrected chi connectivity index (χ1v) is 10.7. The molecule has 4 heterocycles. The number of anilines is 1. The molecule has 0 radical (unpaired) electrons. The highest BCUT2D eigenvalue weighted by atomic mass is 16.3. The maximum Gasteiger partial charge on any atom is 0.267 e. The summed E-state index contributed by atoms with van der Waals surface area (Å²) in [6, 6.07) is 9.07. The molecule has 1 aliphatic rings. The van der Waals surface area contributed by atoms with Gasteiger partial charge in [-0.3, -0.25) is 14.0 Å². The predicted octanol–water partition coefficient (Wildman–Crippen LogP) is 3.06. The van der Waals surface area contributed by atoms with Crippen LogP contribution in [0.1, 0.15) is 36.7 Å². The zero-order valence-electron chi connectivity index (χ0n) is 18.2.